The Morgan fingerprint density at radius 3 is 2.68 bits per heavy atom. The molecule has 0 aliphatic heterocycles. The number of hydrogen-bond acceptors (Lipinski definition) is 4. The largest absolute Gasteiger partial charge is 0.396 e. The lowest BCUT2D eigenvalue weighted by molar-refractivity contribution is -0.216. The van der Waals surface area contributed by atoms with Gasteiger partial charge in [0.15, 0.2) is 0 Å². The van der Waals surface area contributed by atoms with Gasteiger partial charge in [-0.3, -0.25) is 9.78 Å². The van der Waals surface area contributed by atoms with E-state index in [0.717, 1.165) is 0 Å². The first-order valence-electron chi connectivity index (χ1n) is 7.28. The smallest absolute Gasteiger partial charge is 0.352 e. The van der Waals surface area contributed by atoms with Gasteiger partial charge in [-0.2, -0.15) is 8.78 Å². The molecule has 1 unspecified atom stereocenters. The summed E-state index contributed by atoms with van der Waals surface area (Å²) in [6, 6.07) is 5.30. The molecular weight excluding hydrogens is 294 g/mol. The third-order valence-electron chi connectivity index (χ3n) is 4.08. The van der Waals surface area contributed by atoms with Crippen molar-refractivity contribution in [3.05, 3.63) is 30.1 Å². The summed E-state index contributed by atoms with van der Waals surface area (Å²) in [5, 5.41) is 21.1. The zero-order valence-electron chi connectivity index (χ0n) is 12.1. The SMILES string of the molecule is O=C(NCC(CO)Cc1ccccn1)C(F)(F)C1(O)CCC1. The van der Waals surface area contributed by atoms with E-state index in [9.17, 15) is 23.8 Å². The summed E-state index contributed by atoms with van der Waals surface area (Å²) in [5.41, 5.74) is -1.52. The normalized spacial score (nSPS) is 18.4. The molecule has 0 bridgehead atoms. The predicted octanol–water partition coefficient (Wildman–Crippen LogP) is 0.899. The molecule has 0 aromatic carbocycles. The van der Waals surface area contributed by atoms with E-state index in [1.165, 1.54) is 0 Å². The number of nitrogens with zero attached hydrogens (tertiary/aromatic N) is 1. The van der Waals surface area contributed by atoms with E-state index in [4.69, 9.17) is 0 Å². The highest BCUT2D eigenvalue weighted by Crippen LogP contribution is 2.44. The first kappa shape index (κ1) is 16.8. The lowest BCUT2D eigenvalue weighted by Crippen LogP contribution is -2.61. The van der Waals surface area contributed by atoms with Crippen LogP contribution in [0.25, 0.3) is 0 Å². The number of rotatable bonds is 7. The van der Waals surface area contributed by atoms with Crippen LogP contribution in [0, 0.1) is 5.92 Å². The lowest BCUT2D eigenvalue weighted by Gasteiger charge is -2.41. The first-order valence-corrected chi connectivity index (χ1v) is 7.28. The molecule has 1 aromatic heterocycles. The van der Waals surface area contributed by atoms with Crippen LogP contribution in [0.2, 0.25) is 0 Å². The quantitative estimate of drug-likeness (QED) is 0.698. The van der Waals surface area contributed by atoms with E-state index < -0.39 is 23.3 Å². The highest BCUT2D eigenvalue weighted by atomic mass is 19.3. The minimum Gasteiger partial charge on any atom is -0.396 e. The summed E-state index contributed by atoms with van der Waals surface area (Å²) in [5.74, 6) is -5.71. The van der Waals surface area contributed by atoms with E-state index in [1.807, 2.05) is 0 Å². The summed E-state index contributed by atoms with van der Waals surface area (Å²) in [6.45, 7) is -0.357. The van der Waals surface area contributed by atoms with Crippen LogP contribution in [-0.4, -0.2) is 45.8 Å². The first-order chi connectivity index (χ1) is 10.4. The number of pyridine rings is 1. The molecule has 0 radical (unpaired) electrons. The van der Waals surface area contributed by atoms with E-state index in [0.29, 0.717) is 18.5 Å². The molecule has 1 saturated carbocycles. The van der Waals surface area contributed by atoms with Crippen LogP contribution in [0.3, 0.4) is 0 Å². The summed E-state index contributed by atoms with van der Waals surface area (Å²) in [6.07, 6.45) is 2.30. The predicted molar refractivity (Wildman–Crippen MR) is 75.3 cm³/mol. The molecule has 1 fully saturated rings. The van der Waals surface area contributed by atoms with Crippen molar-refractivity contribution in [3.63, 3.8) is 0 Å². The van der Waals surface area contributed by atoms with Crippen molar-refractivity contribution in [1.82, 2.24) is 10.3 Å². The van der Waals surface area contributed by atoms with Gasteiger partial charge in [0, 0.05) is 31.0 Å². The number of hydrogen-bond donors (Lipinski definition) is 3. The highest BCUT2D eigenvalue weighted by molar-refractivity contribution is 5.85. The Bertz CT molecular complexity index is 507. The van der Waals surface area contributed by atoms with E-state index in [1.54, 1.807) is 24.4 Å². The topological polar surface area (TPSA) is 82.5 Å². The maximum Gasteiger partial charge on any atom is 0.352 e. The maximum absolute atomic E-state index is 13.9. The molecule has 5 nitrogen and oxygen atoms in total. The second-order valence-corrected chi connectivity index (χ2v) is 5.74. The van der Waals surface area contributed by atoms with Gasteiger partial charge in [0.25, 0.3) is 5.91 Å². The molecule has 0 saturated heterocycles. The third kappa shape index (κ3) is 3.41. The number of carbonyl (C=O) groups excluding carboxylic acids is 1. The third-order valence-corrected chi connectivity index (χ3v) is 4.08. The molecule has 1 aliphatic carbocycles. The van der Waals surface area contributed by atoms with Gasteiger partial charge in [-0.25, -0.2) is 0 Å². The maximum atomic E-state index is 13.9. The molecule has 0 spiro atoms. The Labute approximate surface area is 127 Å². The van der Waals surface area contributed by atoms with E-state index >= 15 is 0 Å². The molecule has 7 heteroatoms. The van der Waals surface area contributed by atoms with E-state index in [-0.39, 0.29) is 26.0 Å². The summed E-state index contributed by atoms with van der Waals surface area (Å²) in [4.78, 5) is 15.8. The molecule has 1 atom stereocenters. The van der Waals surface area contributed by atoms with Crippen molar-refractivity contribution in [3.8, 4) is 0 Å². The number of aromatic nitrogens is 1. The van der Waals surface area contributed by atoms with Crippen LogP contribution in [0.1, 0.15) is 25.0 Å². The van der Waals surface area contributed by atoms with Crippen molar-refractivity contribution in [2.24, 2.45) is 5.92 Å². The van der Waals surface area contributed by atoms with Crippen LogP contribution in [0.5, 0.6) is 0 Å². The van der Waals surface area contributed by atoms with Gasteiger partial charge < -0.3 is 15.5 Å². The Kier molecular flexibility index (Phi) is 5.08. The monoisotopic (exact) mass is 314 g/mol. The Balaban J connectivity index is 1.88. The number of carbonyl (C=O) groups is 1. The van der Waals surface area contributed by atoms with Crippen molar-refractivity contribution < 1.29 is 23.8 Å². The summed E-state index contributed by atoms with van der Waals surface area (Å²) < 4.78 is 27.8. The van der Waals surface area contributed by atoms with Gasteiger partial charge in [0.2, 0.25) is 0 Å². The van der Waals surface area contributed by atoms with Crippen LogP contribution < -0.4 is 5.32 Å². The Morgan fingerprint density at radius 2 is 2.18 bits per heavy atom. The second-order valence-electron chi connectivity index (χ2n) is 5.74. The Morgan fingerprint density at radius 1 is 1.45 bits per heavy atom. The van der Waals surface area contributed by atoms with Crippen LogP contribution in [0.15, 0.2) is 24.4 Å². The van der Waals surface area contributed by atoms with Crippen LogP contribution in [-0.2, 0) is 11.2 Å². The fourth-order valence-corrected chi connectivity index (χ4v) is 2.40. The molecule has 1 heterocycles. The summed E-state index contributed by atoms with van der Waals surface area (Å²) >= 11 is 0. The number of aliphatic hydroxyl groups excluding tert-OH is 1. The van der Waals surface area contributed by atoms with Crippen molar-refractivity contribution >= 4 is 5.91 Å². The fourth-order valence-electron chi connectivity index (χ4n) is 2.40. The van der Waals surface area contributed by atoms with Crippen molar-refractivity contribution in [2.75, 3.05) is 13.2 Å². The average Bonchev–Trinajstić information content (AvgIpc) is 2.49. The van der Waals surface area contributed by atoms with Gasteiger partial charge in [-0.1, -0.05) is 6.07 Å². The minimum absolute atomic E-state index is 0.0786. The number of halogens is 2. The molecule has 122 valence electrons. The molecule has 2 rings (SSSR count). The second kappa shape index (κ2) is 6.66. The number of amides is 1. The molecular formula is C15H20F2N2O3. The van der Waals surface area contributed by atoms with Gasteiger partial charge in [-0.15, -0.1) is 0 Å². The number of alkyl halides is 2. The molecule has 1 aliphatic rings. The van der Waals surface area contributed by atoms with Gasteiger partial charge in [0.1, 0.15) is 5.60 Å². The van der Waals surface area contributed by atoms with Crippen LogP contribution in [0.4, 0.5) is 8.78 Å². The zero-order valence-corrected chi connectivity index (χ0v) is 12.1. The standard InChI is InChI=1S/C15H20F2N2O3/c16-15(17,14(22)5-3-6-14)13(21)19-9-11(10-20)8-12-4-1-2-7-18-12/h1-2,4,7,11,20,22H,3,5-6,8-10H2,(H,19,21). The van der Waals surface area contributed by atoms with Gasteiger partial charge in [0.05, 0.1) is 0 Å². The molecule has 3 N–H and O–H groups in total. The van der Waals surface area contributed by atoms with Gasteiger partial charge >= 0.3 is 5.92 Å². The molecule has 22 heavy (non-hydrogen) atoms. The molecule has 1 aromatic rings. The number of nitrogens with one attached hydrogen (secondary N) is 1. The molecule has 1 amide bonds. The number of aliphatic hydroxyl groups is 2. The van der Waals surface area contributed by atoms with Gasteiger partial charge in [-0.05, 0) is 37.8 Å². The van der Waals surface area contributed by atoms with E-state index in [2.05, 4.69) is 10.3 Å². The average molecular weight is 314 g/mol. The van der Waals surface area contributed by atoms with Crippen molar-refractivity contribution in [1.29, 1.82) is 0 Å². The summed E-state index contributed by atoms with van der Waals surface area (Å²) in [7, 11) is 0. The zero-order chi connectivity index (χ0) is 16.2. The fraction of sp³-hybridized carbons (Fsp3) is 0.600. The lowest BCUT2D eigenvalue weighted by atomic mass is 9.75. The minimum atomic E-state index is -3.81. The highest BCUT2D eigenvalue weighted by Gasteiger charge is 2.61. The van der Waals surface area contributed by atoms with Crippen LogP contribution >= 0.6 is 0 Å². The van der Waals surface area contributed by atoms with Crippen molar-refractivity contribution in [2.45, 2.75) is 37.2 Å². The Hall–Kier alpha value is -1.60.